The molecule has 2 aromatic heterocycles. The Morgan fingerprint density at radius 2 is 2.00 bits per heavy atom. The zero-order chi connectivity index (χ0) is 29.3. The summed E-state index contributed by atoms with van der Waals surface area (Å²) in [7, 11) is 0. The third-order valence-electron chi connectivity index (χ3n) is 7.51. The first kappa shape index (κ1) is 28.3. The van der Waals surface area contributed by atoms with Crippen LogP contribution in [-0.2, 0) is 14.4 Å². The molecule has 3 aromatic rings. The lowest BCUT2D eigenvalue weighted by Crippen LogP contribution is -2.51. The van der Waals surface area contributed by atoms with Crippen molar-refractivity contribution in [3.63, 3.8) is 0 Å². The normalized spacial score (nSPS) is 22.5. The number of aromatic nitrogens is 2. The molecule has 1 unspecified atom stereocenters. The highest BCUT2D eigenvalue weighted by molar-refractivity contribution is 6.31. The summed E-state index contributed by atoms with van der Waals surface area (Å²) >= 11 is 6.56. The number of alkyl halides is 1. The fourth-order valence-electron chi connectivity index (χ4n) is 5.76. The molecule has 2 amide bonds. The second-order valence-electron chi connectivity index (χ2n) is 10.7. The number of ketones is 1. The van der Waals surface area contributed by atoms with Gasteiger partial charge in [-0.25, -0.2) is 13.8 Å². The van der Waals surface area contributed by atoms with E-state index in [1.165, 1.54) is 36.4 Å². The van der Waals surface area contributed by atoms with Gasteiger partial charge in [-0.2, -0.15) is 5.26 Å². The molecule has 11 heteroatoms. The minimum Gasteiger partial charge on any atom is -0.297 e. The van der Waals surface area contributed by atoms with Crippen molar-refractivity contribution in [3.05, 3.63) is 83.0 Å². The number of hydrogen-bond donors (Lipinski definition) is 0. The van der Waals surface area contributed by atoms with Crippen LogP contribution in [0.3, 0.4) is 0 Å². The van der Waals surface area contributed by atoms with Crippen molar-refractivity contribution in [3.8, 4) is 6.07 Å². The van der Waals surface area contributed by atoms with Gasteiger partial charge < -0.3 is 0 Å². The second kappa shape index (κ2) is 11.3. The van der Waals surface area contributed by atoms with Gasteiger partial charge in [0, 0.05) is 35.7 Å². The first-order valence-electron chi connectivity index (χ1n) is 13.2. The molecular weight excluding hydrogens is 552 g/mol. The van der Waals surface area contributed by atoms with Crippen molar-refractivity contribution >= 4 is 40.7 Å². The quantitative estimate of drug-likeness (QED) is 0.349. The fourth-order valence-corrected chi connectivity index (χ4v) is 6.00. The molecule has 0 N–H and O–H groups in total. The van der Waals surface area contributed by atoms with Gasteiger partial charge in [0.1, 0.15) is 29.4 Å². The van der Waals surface area contributed by atoms with Crippen LogP contribution in [0.2, 0.25) is 5.02 Å². The van der Waals surface area contributed by atoms with Crippen LogP contribution in [0.25, 0.3) is 0 Å². The van der Waals surface area contributed by atoms with E-state index in [4.69, 9.17) is 11.6 Å². The van der Waals surface area contributed by atoms with E-state index < -0.39 is 35.3 Å². The molecule has 1 saturated carbocycles. The number of hydrogen-bond acceptors (Lipinski definition) is 6. The highest BCUT2D eigenvalue weighted by Gasteiger charge is 2.46. The highest BCUT2D eigenvalue weighted by atomic mass is 35.5. The maximum atomic E-state index is 14.5. The zero-order valence-electron chi connectivity index (χ0n) is 22.1. The first-order valence-corrected chi connectivity index (χ1v) is 13.5. The summed E-state index contributed by atoms with van der Waals surface area (Å²) in [6.45, 7) is 1.48. The minimum absolute atomic E-state index is 0.00440. The average Bonchev–Trinajstić information content (AvgIpc) is 3.32. The van der Waals surface area contributed by atoms with Crippen molar-refractivity contribution < 1.29 is 23.2 Å². The van der Waals surface area contributed by atoms with Crippen molar-refractivity contribution in [2.75, 3.05) is 9.80 Å². The summed E-state index contributed by atoms with van der Waals surface area (Å²) in [6.07, 6.45) is 4.09. The second-order valence-corrected chi connectivity index (χ2v) is 11.1. The zero-order valence-corrected chi connectivity index (χ0v) is 22.9. The Hall–Kier alpha value is -4.23. The lowest BCUT2D eigenvalue weighted by atomic mass is 9.70. The van der Waals surface area contributed by atoms with E-state index in [1.807, 2.05) is 6.07 Å². The van der Waals surface area contributed by atoms with E-state index in [1.54, 1.807) is 24.3 Å². The van der Waals surface area contributed by atoms with Crippen molar-refractivity contribution in [2.24, 2.45) is 5.92 Å². The number of nitriles is 1. The molecule has 5 rings (SSSR count). The number of halogens is 3. The SMILES string of the molecule is CC1(F)CC(CC(=O)[C@H](c2ccccc2Cl)N(C(=O)C2CCC(=O)N2c2cc(C#N)ccn2)c2cncc(F)c2)C1. The van der Waals surface area contributed by atoms with Gasteiger partial charge >= 0.3 is 0 Å². The van der Waals surface area contributed by atoms with Crippen molar-refractivity contribution in [1.82, 2.24) is 9.97 Å². The smallest absolute Gasteiger partial charge is 0.251 e. The Morgan fingerprint density at radius 1 is 1.24 bits per heavy atom. The predicted octanol–water partition coefficient (Wildman–Crippen LogP) is 5.51. The number of carbonyl (C=O) groups is 3. The van der Waals surface area contributed by atoms with Crippen molar-refractivity contribution in [1.29, 1.82) is 5.26 Å². The summed E-state index contributed by atoms with van der Waals surface area (Å²) in [5.41, 5.74) is -0.811. The molecule has 2 fully saturated rings. The average molecular weight is 578 g/mol. The number of Topliss-reactive ketones (excluding diaryl/α,β-unsaturated/α-hetero) is 1. The standard InChI is InChI=1S/C30H26ClF2N5O3/c1-30(33)13-19(14-30)10-25(39)28(22-4-2-3-5-23(22)31)37(21-12-20(32)16-35-17-21)29(41)24-6-7-27(40)38(24)26-11-18(15-34)8-9-36-26/h2-5,8-9,11-12,16-17,19,24,28H,6-7,10,13-14H2,1H3/t19?,24?,28-,30?/m0/s1. The molecule has 3 heterocycles. The number of amides is 2. The van der Waals surface area contributed by atoms with Crippen LogP contribution >= 0.6 is 11.6 Å². The van der Waals surface area contributed by atoms with E-state index in [9.17, 15) is 28.4 Å². The highest BCUT2D eigenvalue weighted by Crippen LogP contribution is 2.45. The van der Waals surface area contributed by atoms with Crippen LogP contribution in [0.5, 0.6) is 0 Å². The van der Waals surface area contributed by atoms with E-state index in [0.29, 0.717) is 5.56 Å². The molecule has 8 nitrogen and oxygen atoms in total. The summed E-state index contributed by atoms with van der Waals surface area (Å²) in [6, 6.07) is 10.1. The Balaban J connectivity index is 1.61. The predicted molar refractivity (Wildman–Crippen MR) is 147 cm³/mol. The van der Waals surface area contributed by atoms with Gasteiger partial charge in [0.15, 0.2) is 5.78 Å². The monoisotopic (exact) mass is 577 g/mol. The van der Waals surface area contributed by atoms with Crippen LogP contribution in [-0.4, -0.2) is 39.3 Å². The maximum absolute atomic E-state index is 14.5. The summed E-state index contributed by atoms with van der Waals surface area (Å²) in [4.78, 5) is 52.0. The van der Waals surface area contributed by atoms with Gasteiger partial charge in [-0.05, 0) is 50.3 Å². The molecule has 1 saturated heterocycles. The van der Waals surface area contributed by atoms with Crippen LogP contribution in [0.4, 0.5) is 20.3 Å². The third kappa shape index (κ3) is 5.81. The van der Waals surface area contributed by atoms with Crippen LogP contribution in [0, 0.1) is 23.1 Å². The fraction of sp³-hybridized carbons (Fsp3) is 0.333. The molecule has 0 spiro atoms. The summed E-state index contributed by atoms with van der Waals surface area (Å²) < 4.78 is 28.8. The van der Waals surface area contributed by atoms with Crippen LogP contribution in [0.15, 0.2) is 61.1 Å². The lowest BCUT2D eigenvalue weighted by molar-refractivity contribution is -0.127. The van der Waals surface area contributed by atoms with Gasteiger partial charge in [0.25, 0.3) is 5.91 Å². The summed E-state index contributed by atoms with van der Waals surface area (Å²) in [5.74, 6) is -2.32. The number of anilines is 2. The van der Waals surface area contributed by atoms with Gasteiger partial charge in [-0.3, -0.25) is 29.2 Å². The molecule has 1 aliphatic carbocycles. The Bertz CT molecular complexity index is 1550. The number of benzene rings is 1. The molecule has 1 aromatic carbocycles. The van der Waals surface area contributed by atoms with E-state index in [2.05, 4.69) is 9.97 Å². The van der Waals surface area contributed by atoms with Gasteiger partial charge in [0.05, 0.1) is 29.7 Å². The van der Waals surface area contributed by atoms with Crippen molar-refractivity contribution in [2.45, 2.75) is 56.8 Å². The minimum atomic E-state index is -1.36. The van der Waals surface area contributed by atoms with Crippen LogP contribution in [0.1, 0.15) is 56.2 Å². The van der Waals surface area contributed by atoms with Gasteiger partial charge in [-0.15, -0.1) is 0 Å². The van der Waals surface area contributed by atoms with Gasteiger partial charge in [0.2, 0.25) is 5.91 Å². The Kier molecular flexibility index (Phi) is 7.82. The number of carbonyl (C=O) groups excluding carboxylic acids is 3. The maximum Gasteiger partial charge on any atom is 0.251 e. The molecule has 210 valence electrons. The van der Waals surface area contributed by atoms with Gasteiger partial charge in [-0.1, -0.05) is 29.8 Å². The van der Waals surface area contributed by atoms with E-state index in [-0.39, 0.29) is 66.0 Å². The molecule has 0 bridgehead atoms. The Labute approximate surface area is 240 Å². The molecule has 2 atom stereocenters. The number of rotatable bonds is 8. The topological polar surface area (TPSA) is 107 Å². The summed E-state index contributed by atoms with van der Waals surface area (Å²) in [5, 5.41) is 9.56. The molecule has 41 heavy (non-hydrogen) atoms. The molecule has 0 radical (unpaired) electrons. The molecule has 1 aliphatic heterocycles. The number of pyridine rings is 2. The molecular formula is C30H26ClF2N5O3. The lowest BCUT2D eigenvalue weighted by Gasteiger charge is -2.40. The largest absolute Gasteiger partial charge is 0.297 e. The van der Waals surface area contributed by atoms with E-state index in [0.717, 1.165) is 17.2 Å². The van der Waals surface area contributed by atoms with E-state index >= 15 is 0 Å². The first-order chi connectivity index (χ1) is 19.6. The number of nitrogens with zero attached hydrogens (tertiary/aromatic N) is 5. The third-order valence-corrected chi connectivity index (χ3v) is 7.85. The molecule has 2 aliphatic rings. The van der Waals surface area contributed by atoms with Crippen LogP contribution < -0.4 is 9.80 Å². The Morgan fingerprint density at radius 3 is 2.68 bits per heavy atom.